The van der Waals surface area contributed by atoms with Crippen molar-refractivity contribution < 1.29 is 13.2 Å². The Morgan fingerprint density at radius 1 is 1.11 bits per heavy atom. The van der Waals surface area contributed by atoms with Crippen LogP contribution in [0.3, 0.4) is 0 Å². The largest absolute Gasteiger partial charge is 0.332 e. The van der Waals surface area contributed by atoms with Crippen molar-refractivity contribution in [2.45, 2.75) is 21.7 Å². The van der Waals surface area contributed by atoms with Crippen LogP contribution < -0.4 is 5.32 Å². The van der Waals surface area contributed by atoms with Crippen LogP contribution in [0.25, 0.3) is 0 Å². The normalized spacial score (nSPS) is 13.4. The Morgan fingerprint density at radius 3 is 2.22 bits per heavy atom. The van der Waals surface area contributed by atoms with Crippen molar-refractivity contribution in [2.75, 3.05) is 14.1 Å². The van der Waals surface area contributed by atoms with Crippen LogP contribution in [-0.2, 0) is 9.84 Å². The van der Waals surface area contributed by atoms with Crippen molar-refractivity contribution in [2.24, 2.45) is 0 Å². The van der Waals surface area contributed by atoms with E-state index < -0.39 is 25.6 Å². The van der Waals surface area contributed by atoms with Gasteiger partial charge in [0.1, 0.15) is 0 Å². The highest BCUT2D eigenvalue weighted by Crippen LogP contribution is 2.34. The molecular weight excluding hydrogens is 431 g/mol. The van der Waals surface area contributed by atoms with Crippen LogP contribution in [-0.4, -0.2) is 43.2 Å². The summed E-state index contributed by atoms with van der Waals surface area (Å²) in [7, 11) is -1.10. The van der Waals surface area contributed by atoms with Crippen molar-refractivity contribution >= 4 is 50.5 Å². The van der Waals surface area contributed by atoms with Crippen molar-refractivity contribution in [3.63, 3.8) is 0 Å². The molecule has 146 valence electrons. The van der Waals surface area contributed by atoms with E-state index in [1.807, 2.05) is 13.0 Å². The topological polar surface area (TPSA) is 66.5 Å². The first-order chi connectivity index (χ1) is 12.5. The van der Waals surface area contributed by atoms with Gasteiger partial charge in [0, 0.05) is 10.6 Å². The van der Waals surface area contributed by atoms with Crippen LogP contribution in [0.4, 0.5) is 0 Å². The first-order valence-electron chi connectivity index (χ1n) is 7.88. The maximum Gasteiger partial charge on any atom is 0.252 e. The third kappa shape index (κ3) is 4.95. The predicted molar refractivity (Wildman–Crippen MR) is 109 cm³/mol. The lowest BCUT2D eigenvalue weighted by Crippen LogP contribution is -2.57. The zero-order chi connectivity index (χ0) is 20.4. The van der Waals surface area contributed by atoms with Gasteiger partial charge in [-0.25, -0.2) is 8.42 Å². The molecule has 0 aliphatic heterocycles. The molecular formula is C18H19Cl3N2O3S. The number of amides is 1. The highest BCUT2D eigenvalue weighted by molar-refractivity contribution is 7.92. The van der Waals surface area contributed by atoms with Gasteiger partial charge < -0.3 is 5.32 Å². The van der Waals surface area contributed by atoms with E-state index in [1.54, 1.807) is 18.2 Å². The molecule has 0 saturated carbocycles. The number of carbonyl (C=O) groups excluding carboxylic acids is 1. The molecule has 2 aromatic rings. The molecule has 0 aliphatic carbocycles. The molecule has 9 heteroatoms. The number of hydrogen-bond acceptors (Lipinski definition) is 4. The molecule has 1 atom stereocenters. The fourth-order valence-corrected chi connectivity index (χ4v) is 4.91. The molecule has 1 N–H and O–H groups in total. The van der Waals surface area contributed by atoms with Crippen molar-refractivity contribution in [3.05, 3.63) is 64.7 Å². The summed E-state index contributed by atoms with van der Waals surface area (Å²) in [6, 6.07) is 12.3. The van der Waals surface area contributed by atoms with Gasteiger partial charge in [0.15, 0.2) is 5.37 Å². The number of aryl methyl sites for hydroxylation is 1. The first-order valence-corrected chi connectivity index (χ1v) is 10.6. The van der Waals surface area contributed by atoms with Crippen LogP contribution >= 0.6 is 34.8 Å². The molecule has 27 heavy (non-hydrogen) atoms. The molecule has 0 radical (unpaired) electrons. The monoisotopic (exact) mass is 448 g/mol. The van der Waals surface area contributed by atoms with Gasteiger partial charge in [-0.3, -0.25) is 9.69 Å². The van der Waals surface area contributed by atoms with E-state index >= 15 is 0 Å². The van der Waals surface area contributed by atoms with E-state index in [1.165, 1.54) is 43.3 Å². The van der Waals surface area contributed by atoms with E-state index in [-0.39, 0.29) is 4.90 Å². The minimum atomic E-state index is -4.13. The molecule has 2 aromatic carbocycles. The molecule has 0 bridgehead atoms. The van der Waals surface area contributed by atoms with Crippen LogP contribution in [0, 0.1) is 6.92 Å². The number of hydrogen-bond donors (Lipinski definition) is 1. The van der Waals surface area contributed by atoms with Crippen LogP contribution in [0.15, 0.2) is 53.4 Å². The lowest BCUT2D eigenvalue weighted by Gasteiger charge is -2.35. The van der Waals surface area contributed by atoms with Gasteiger partial charge in [-0.05, 0) is 57.4 Å². The lowest BCUT2D eigenvalue weighted by atomic mass is 10.1. The van der Waals surface area contributed by atoms with E-state index in [0.29, 0.717) is 10.6 Å². The number of rotatable bonds is 6. The fraction of sp³-hybridized carbons (Fsp3) is 0.278. The maximum absolute atomic E-state index is 13.2. The molecule has 0 fully saturated rings. The second-order valence-corrected chi connectivity index (χ2v) is 10.0. The van der Waals surface area contributed by atoms with Gasteiger partial charge >= 0.3 is 0 Å². The molecule has 0 heterocycles. The summed E-state index contributed by atoms with van der Waals surface area (Å²) in [5, 5.41) is 1.22. The Morgan fingerprint density at radius 2 is 1.70 bits per heavy atom. The molecule has 0 saturated heterocycles. The minimum Gasteiger partial charge on any atom is -0.332 e. The average molecular weight is 450 g/mol. The maximum atomic E-state index is 13.2. The van der Waals surface area contributed by atoms with E-state index in [0.717, 1.165) is 5.56 Å². The summed E-state index contributed by atoms with van der Waals surface area (Å²) in [6.45, 7) is 1.83. The fourth-order valence-electron chi connectivity index (χ4n) is 2.33. The van der Waals surface area contributed by atoms with E-state index in [2.05, 4.69) is 5.32 Å². The Labute approximate surface area is 174 Å². The van der Waals surface area contributed by atoms with Crippen molar-refractivity contribution in [1.29, 1.82) is 0 Å². The first kappa shape index (κ1) is 22.0. The zero-order valence-electron chi connectivity index (χ0n) is 14.9. The lowest BCUT2D eigenvalue weighted by molar-refractivity contribution is 0.0936. The number of likely N-dealkylation sites (N-methyl/N-ethyl adjacent to an activating group) is 1. The number of halogens is 3. The SMILES string of the molecule is Cc1cccc(C(=O)NC(C(Cl)(Cl)N(C)C)S(=O)(=O)c2ccc(Cl)cc2)c1. The summed E-state index contributed by atoms with van der Waals surface area (Å²) in [4.78, 5) is 13.9. The Hall–Kier alpha value is -1.31. The Bertz CT molecular complexity index is 929. The van der Waals surface area contributed by atoms with Gasteiger partial charge in [0.2, 0.25) is 14.3 Å². The van der Waals surface area contributed by atoms with Crippen LogP contribution in [0.1, 0.15) is 15.9 Å². The highest BCUT2D eigenvalue weighted by Gasteiger charge is 2.47. The van der Waals surface area contributed by atoms with E-state index in [9.17, 15) is 13.2 Å². The van der Waals surface area contributed by atoms with Crippen molar-refractivity contribution in [3.8, 4) is 0 Å². The second-order valence-electron chi connectivity index (χ2n) is 6.20. The molecule has 0 aliphatic rings. The molecule has 1 unspecified atom stereocenters. The van der Waals surface area contributed by atoms with Crippen LogP contribution in [0.5, 0.6) is 0 Å². The van der Waals surface area contributed by atoms with Gasteiger partial charge in [0.05, 0.1) is 4.90 Å². The van der Waals surface area contributed by atoms with Gasteiger partial charge in [-0.1, -0.05) is 52.5 Å². The summed E-state index contributed by atoms with van der Waals surface area (Å²) in [6.07, 6.45) is 0. The summed E-state index contributed by atoms with van der Waals surface area (Å²) >= 11 is 18.5. The Balaban J connectivity index is 2.49. The van der Waals surface area contributed by atoms with E-state index in [4.69, 9.17) is 34.8 Å². The van der Waals surface area contributed by atoms with Gasteiger partial charge in [-0.2, -0.15) is 0 Å². The summed E-state index contributed by atoms with van der Waals surface area (Å²) in [5.41, 5.74) is 1.16. The molecule has 1 amide bonds. The highest BCUT2D eigenvalue weighted by atomic mass is 35.5. The third-order valence-corrected chi connectivity index (χ3v) is 7.54. The van der Waals surface area contributed by atoms with Crippen molar-refractivity contribution in [1.82, 2.24) is 10.2 Å². The second kappa shape index (κ2) is 8.37. The Kier molecular flexibility index (Phi) is 6.81. The molecule has 2 rings (SSSR count). The molecule has 0 spiro atoms. The van der Waals surface area contributed by atoms with Crippen LogP contribution in [0.2, 0.25) is 5.02 Å². The summed E-state index contributed by atoms with van der Waals surface area (Å²) < 4.78 is 24.4. The molecule has 0 aromatic heterocycles. The smallest absolute Gasteiger partial charge is 0.252 e. The summed E-state index contributed by atoms with van der Waals surface area (Å²) in [5.74, 6) is -0.603. The number of carbonyl (C=O) groups is 1. The minimum absolute atomic E-state index is 0.0611. The van der Waals surface area contributed by atoms with Gasteiger partial charge in [0.25, 0.3) is 5.91 Å². The number of nitrogens with one attached hydrogen (secondary N) is 1. The zero-order valence-corrected chi connectivity index (χ0v) is 18.0. The predicted octanol–water partition coefficient (Wildman–Crippen LogP) is 3.87. The number of nitrogens with zero attached hydrogens (tertiary/aromatic N) is 1. The number of alkyl halides is 2. The average Bonchev–Trinajstić information content (AvgIpc) is 2.59. The third-order valence-electron chi connectivity index (χ3n) is 3.91. The number of sulfone groups is 1. The number of benzene rings is 2. The molecule has 5 nitrogen and oxygen atoms in total. The van der Waals surface area contributed by atoms with Gasteiger partial charge in [-0.15, -0.1) is 0 Å². The quantitative estimate of drug-likeness (QED) is 0.537. The standard InChI is InChI=1S/C18H19Cl3N2O3S/c1-12-5-4-6-13(11-12)16(24)22-17(18(20,21)23(2)3)27(25,26)15-9-7-14(19)8-10-15/h4-11,17H,1-3H3,(H,22,24).